The van der Waals surface area contributed by atoms with E-state index in [1.165, 1.54) is 24.2 Å². The minimum Gasteiger partial charge on any atom is -0.492 e. The molecule has 2 heterocycles. The van der Waals surface area contributed by atoms with Gasteiger partial charge in [0.2, 0.25) is 0 Å². The summed E-state index contributed by atoms with van der Waals surface area (Å²) in [6.45, 7) is 3.93. The van der Waals surface area contributed by atoms with Crippen molar-refractivity contribution in [1.82, 2.24) is 9.80 Å². The van der Waals surface area contributed by atoms with Crippen LogP contribution in [-0.4, -0.2) is 66.1 Å². The highest BCUT2D eigenvalue weighted by molar-refractivity contribution is 6.21. The second-order valence-electron chi connectivity index (χ2n) is 7.34. The van der Waals surface area contributed by atoms with Gasteiger partial charge in [0.15, 0.2) is 0 Å². The van der Waals surface area contributed by atoms with Gasteiger partial charge in [-0.25, -0.2) is 0 Å². The van der Waals surface area contributed by atoms with Crippen LogP contribution in [0.1, 0.15) is 59.2 Å². The number of nitrogens with zero attached hydrogens (tertiary/aromatic N) is 3. The fourth-order valence-corrected chi connectivity index (χ4v) is 3.73. The molecule has 0 N–H and O–H groups in total. The molecule has 2 aliphatic rings. The Morgan fingerprint density at radius 2 is 1.69 bits per heavy atom. The number of benzene rings is 1. The van der Waals surface area contributed by atoms with E-state index < -0.39 is 5.09 Å². The summed E-state index contributed by atoms with van der Waals surface area (Å²) in [7, 11) is 0. The van der Waals surface area contributed by atoms with Crippen molar-refractivity contribution in [3.63, 3.8) is 0 Å². The van der Waals surface area contributed by atoms with Gasteiger partial charge in [-0.1, -0.05) is 6.42 Å². The van der Waals surface area contributed by atoms with Crippen LogP contribution in [0.2, 0.25) is 0 Å². The SMILES string of the molecule is O=C1c2ccc(OCCN3CCCCC3)cc2C(=O)N1CCCCCO[N+](=O)[O-]. The molecule has 0 saturated carbocycles. The maximum atomic E-state index is 12.6. The monoisotopic (exact) mass is 405 g/mol. The summed E-state index contributed by atoms with van der Waals surface area (Å²) >= 11 is 0. The zero-order valence-corrected chi connectivity index (χ0v) is 16.5. The first-order valence-corrected chi connectivity index (χ1v) is 10.2. The summed E-state index contributed by atoms with van der Waals surface area (Å²) in [6, 6.07) is 5.03. The lowest BCUT2D eigenvalue weighted by atomic mass is 10.1. The van der Waals surface area contributed by atoms with E-state index in [0.717, 1.165) is 19.6 Å². The van der Waals surface area contributed by atoms with E-state index in [1.54, 1.807) is 18.2 Å². The van der Waals surface area contributed by atoms with Crippen LogP contribution in [0.4, 0.5) is 0 Å². The van der Waals surface area contributed by atoms with Crippen LogP contribution >= 0.6 is 0 Å². The molecule has 3 rings (SSSR count). The van der Waals surface area contributed by atoms with Crippen LogP contribution in [0.5, 0.6) is 5.75 Å². The number of carbonyl (C=O) groups is 2. The number of amides is 2. The smallest absolute Gasteiger partial charge is 0.294 e. The predicted octanol–water partition coefficient (Wildman–Crippen LogP) is 2.53. The van der Waals surface area contributed by atoms with Crippen LogP contribution in [0.25, 0.3) is 0 Å². The zero-order valence-electron chi connectivity index (χ0n) is 16.5. The normalized spacial score (nSPS) is 16.8. The maximum Gasteiger partial charge on any atom is 0.294 e. The minimum absolute atomic E-state index is 0.0211. The van der Waals surface area contributed by atoms with Crippen molar-refractivity contribution in [2.24, 2.45) is 0 Å². The lowest BCUT2D eigenvalue weighted by Crippen LogP contribution is -2.33. The summed E-state index contributed by atoms with van der Waals surface area (Å²) in [5.74, 6) is -0.0138. The number of piperidine rings is 1. The van der Waals surface area contributed by atoms with Gasteiger partial charge in [0.25, 0.3) is 16.9 Å². The summed E-state index contributed by atoms with van der Waals surface area (Å²) in [5.41, 5.74) is 0.775. The van der Waals surface area contributed by atoms with Crippen molar-refractivity contribution in [2.75, 3.05) is 39.4 Å². The van der Waals surface area contributed by atoms with Crippen LogP contribution in [0.15, 0.2) is 18.2 Å². The predicted molar refractivity (Wildman–Crippen MR) is 104 cm³/mol. The average molecular weight is 405 g/mol. The Bertz CT molecular complexity index is 748. The first kappa shape index (κ1) is 21.0. The minimum atomic E-state index is -0.823. The van der Waals surface area contributed by atoms with Crippen molar-refractivity contribution in [3.05, 3.63) is 39.4 Å². The van der Waals surface area contributed by atoms with Gasteiger partial charge in [-0.05, 0) is 63.4 Å². The number of ether oxygens (including phenoxy) is 1. The molecule has 1 aromatic carbocycles. The molecule has 9 nitrogen and oxygen atoms in total. The number of hydrogen-bond donors (Lipinski definition) is 0. The second kappa shape index (κ2) is 10.2. The molecule has 0 spiro atoms. The largest absolute Gasteiger partial charge is 0.492 e. The number of unbranched alkanes of at least 4 members (excludes halogenated alkanes) is 2. The fraction of sp³-hybridized carbons (Fsp3) is 0.600. The third-order valence-corrected chi connectivity index (χ3v) is 5.29. The van der Waals surface area contributed by atoms with E-state index in [0.29, 0.717) is 42.7 Å². The molecule has 9 heteroatoms. The standard InChI is InChI=1S/C20H27N3O6/c24-19-17-8-7-16(28-14-12-21-9-3-1-4-10-21)15-18(17)20(25)22(19)11-5-2-6-13-29-23(26)27/h7-8,15H,1-6,9-14H2. The summed E-state index contributed by atoms with van der Waals surface area (Å²) < 4.78 is 5.80. The van der Waals surface area contributed by atoms with Crippen LogP contribution < -0.4 is 4.74 Å². The Morgan fingerprint density at radius 3 is 2.45 bits per heavy atom. The van der Waals surface area contributed by atoms with E-state index >= 15 is 0 Å². The Kier molecular flexibility index (Phi) is 7.40. The van der Waals surface area contributed by atoms with Crippen LogP contribution in [0, 0.1) is 10.1 Å². The molecular formula is C20H27N3O6. The van der Waals surface area contributed by atoms with Gasteiger partial charge in [0.1, 0.15) is 12.4 Å². The number of rotatable bonds is 11. The molecule has 158 valence electrons. The molecule has 1 fully saturated rings. The number of imide groups is 1. The van der Waals surface area contributed by atoms with Gasteiger partial charge in [-0.2, -0.15) is 0 Å². The van der Waals surface area contributed by atoms with Crippen molar-refractivity contribution in [2.45, 2.75) is 38.5 Å². The number of hydrogen-bond acceptors (Lipinski definition) is 7. The highest BCUT2D eigenvalue weighted by atomic mass is 16.9. The third-order valence-electron chi connectivity index (χ3n) is 5.29. The molecular weight excluding hydrogens is 378 g/mol. The quantitative estimate of drug-likeness (QED) is 0.241. The first-order chi connectivity index (χ1) is 14.1. The van der Waals surface area contributed by atoms with Gasteiger partial charge in [-0.3, -0.25) is 19.4 Å². The van der Waals surface area contributed by atoms with Gasteiger partial charge >= 0.3 is 0 Å². The van der Waals surface area contributed by atoms with Crippen molar-refractivity contribution in [3.8, 4) is 5.75 Å². The van der Waals surface area contributed by atoms with Crippen molar-refractivity contribution >= 4 is 11.8 Å². The zero-order chi connectivity index (χ0) is 20.6. The third kappa shape index (κ3) is 5.66. The Morgan fingerprint density at radius 1 is 0.931 bits per heavy atom. The molecule has 0 bridgehead atoms. The maximum absolute atomic E-state index is 12.6. The van der Waals surface area contributed by atoms with E-state index in [4.69, 9.17) is 4.74 Å². The number of fused-ring (bicyclic) bond motifs is 1. The molecule has 0 atom stereocenters. The summed E-state index contributed by atoms with van der Waals surface area (Å²) in [6.07, 6.45) is 5.46. The summed E-state index contributed by atoms with van der Waals surface area (Å²) in [4.78, 5) is 43.1. The van der Waals surface area contributed by atoms with Gasteiger partial charge in [0.05, 0.1) is 17.7 Å². The topological polar surface area (TPSA) is 102 Å². The van der Waals surface area contributed by atoms with Crippen molar-refractivity contribution < 1.29 is 24.3 Å². The molecule has 0 unspecified atom stereocenters. The molecule has 2 amide bonds. The van der Waals surface area contributed by atoms with E-state index in [1.807, 2.05) is 0 Å². The van der Waals surface area contributed by atoms with Gasteiger partial charge in [-0.15, -0.1) is 10.1 Å². The first-order valence-electron chi connectivity index (χ1n) is 10.2. The van der Waals surface area contributed by atoms with Gasteiger partial charge in [0, 0.05) is 13.1 Å². The highest BCUT2D eigenvalue weighted by Gasteiger charge is 2.35. The second-order valence-corrected chi connectivity index (χ2v) is 7.34. The number of carbonyl (C=O) groups excluding carboxylic acids is 2. The molecule has 1 saturated heterocycles. The van der Waals surface area contributed by atoms with Crippen LogP contribution in [0.3, 0.4) is 0 Å². The molecule has 0 radical (unpaired) electrons. The van der Waals surface area contributed by atoms with Crippen molar-refractivity contribution in [1.29, 1.82) is 0 Å². The van der Waals surface area contributed by atoms with Crippen LogP contribution in [-0.2, 0) is 4.84 Å². The molecule has 2 aliphatic heterocycles. The highest BCUT2D eigenvalue weighted by Crippen LogP contribution is 2.27. The molecule has 0 aromatic heterocycles. The summed E-state index contributed by atoms with van der Waals surface area (Å²) in [5, 5.41) is 9.28. The Balaban J connectivity index is 1.46. The molecule has 29 heavy (non-hydrogen) atoms. The molecule has 0 aliphatic carbocycles. The lowest BCUT2D eigenvalue weighted by molar-refractivity contribution is -0.757. The Labute approximate surface area is 169 Å². The van der Waals surface area contributed by atoms with E-state index in [2.05, 4.69) is 9.74 Å². The van der Waals surface area contributed by atoms with Gasteiger partial charge < -0.3 is 9.57 Å². The Hall–Kier alpha value is -2.68. The molecule has 1 aromatic rings. The van der Waals surface area contributed by atoms with E-state index in [-0.39, 0.29) is 25.0 Å². The number of likely N-dealkylation sites (tertiary alicyclic amines) is 1. The average Bonchev–Trinajstić information content (AvgIpc) is 2.95. The van der Waals surface area contributed by atoms with E-state index in [9.17, 15) is 19.7 Å². The fourth-order valence-electron chi connectivity index (χ4n) is 3.73. The lowest BCUT2D eigenvalue weighted by Gasteiger charge is -2.26.